The van der Waals surface area contributed by atoms with E-state index in [1.165, 1.54) is 15.9 Å². The molecule has 1 aromatic carbocycles. The fraction of sp³-hybridized carbons (Fsp3) is 0.154. The van der Waals surface area contributed by atoms with Crippen LogP contribution < -0.4 is 5.32 Å². The van der Waals surface area contributed by atoms with Gasteiger partial charge in [0.1, 0.15) is 0 Å². The Morgan fingerprint density at radius 3 is 2.59 bits per heavy atom. The summed E-state index contributed by atoms with van der Waals surface area (Å²) >= 11 is 1.23. The number of carbonyl (C=O) groups is 1. The van der Waals surface area contributed by atoms with Crippen molar-refractivity contribution < 1.29 is 18.0 Å². The van der Waals surface area contributed by atoms with Crippen LogP contribution in [0.4, 0.5) is 19.1 Å². The SMILES string of the molecule is Cc1ccc(-c2csc3nc(NC(=O)C(F)(F)F)nn23)cc1. The molecule has 0 aliphatic carbocycles. The van der Waals surface area contributed by atoms with Gasteiger partial charge in [0.25, 0.3) is 5.95 Å². The van der Waals surface area contributed by atoms with E-state index in [0.29, 0.717) is 10.7 Å². The number of anilines is 1. The summed E-state index contributed by atoms with van der Waals surface area (Å²) in [5.74, 6) is -2.47. The summed E-state index contributed by atoms with van der Waals surface area (Å²) in [6.45, 7) is 1.95. The number of carbonyl (C=O) groups excluding carboxylic acids is 1. The zero-order chi connectivity index (χ0) is 15.9. The molecule has 3 rings (SSSR count). The Kier molecular flexibility index (Phi) is 3.36. The van der Waals surface area contributed by atoms with Gasteiger partial charge in [-0.25, -0.2) is 4.52 Å². The number of hydrogen-bond acceptors (Lipinski definition) is 4. The molecule has 0 aliphatic heterocycles. The second-order valence-electron chi connectivity index (χ2n) is 4.57. The quantitative estimate of drug-likeness (QED) is 0.786. The van der Waals surface area contributed by atoms with Crippen molar-refractivity contribution in [2.24, 2.45) is 0 Å². The van der Waals surface area contributed by atoms with E-state index in [9.17, 15) is 18.0 Å². The van der Waals surface area contributed by atoms with Crippen molar-refractivity contribution in [2.75, 3.05) is 5.32 Å². The molecule has 114 valence electrons. The summed E-state index contributed by atoms with van der Waals surface area (Å²) in [7, 11) is 0. The molecule has 0 aliphatic rings. The Labute approximate surface area is 126 Å². The zero-order valence-corrected chi connectivity index (χ0v) is 12.0. The number of amides is 1. The third-order valence-corrected chi connectivity index (χ3v) is 3.73. The first kappa shape index (κ1) is 14.5. The van der Waals surface area contributed by atoms with E-state index in [0.717, 1.165) is 11.1 Å². The van der Waals surface area contributed by atoms with Crippen LogP contribution in [0.2, 0.25) is 0 Å². The lowest BCUT2D eigenvalue weighted by Crippen LogP contribution is -2.30. The summed E-state index contributed by atoms with van der Waals surface area (Å²) in [5, 5.41) is 7.35. The van der Waals surface area contributed by atoms with Gasteiger partial charge < -0.3 is 0 Å². The molecular weight excluding hydrogens is 317 g/mol. The third kappa shape index (κ3) is 2.67. The first-order valence-electron chi connectivity index (χ1n) is 6.14. The van der Waals surface area contributed by atoms with Crippen LogP contribution in [0.1, 0.15) is 5.56 Å². The van der Waals surface area contributed by atoms with Gasteiger partial charge in [-0.3, -0.25) is 10.1 Å². The zero-order valence-electron chi connectivity index (χ0n) is 11.2. The Hall–Kier alpha value is -2.42. The van der Waals surface area contributed by atoms with Gasteiger partial charge in [0, 0.05) is 10.9 Å². The highest BCUT2D eigenvalue weighted by Gasteiger charge is 2.39. The standard InChI is InChI=1S/C13H9F3N4OS/c1-7-2-4-8(5-3-7)9-6-22-12-18-11(19-20(9)12)17-10(21)13(14,15)16/h2-6H,1H3,(H,17,19,21). The largest absolute Gasteiger partial charge is 0.471 e. The van der Waals surface area contributed by atoms with Gasteiger partial charge in [0.2, 0.25) is 4.96 Å². The third-order valence-electron chi connectivity index (χ3n) is 2.91. The molecule has 9 heteroatoms. The summed E-state index contributed by atoms with van der Waals surface area (Å²) in [6, 6.07) is 7.60. The molecular formula is C13H9F3N4OS. The second kappa shape index (κ2) is 5.09. The minimum Gasteiger partial charge on any atom is -0.285 e. The molecule has 0 spiro atoms. The lowest BCUT2D eigenvalue weighted by Gasteiger charge is -2.03. The number of fused-ring (bicyclic) bond motifs is 1. The summed E-state index contributed by atoms with van der Waals surface area (Å²) in [4.78, 5) is 15.2. The Bertz CT molecular complexity index is 835. The summed E-state index contributed by atoms with van der Waals surface area (Å²) < 4.78 is 38.1. The van der Waals surface area contributed by atoms with Crippen LogP contribution in [-0.4, -0.2) is 26.7 Å². The minimum atomic E-state index is -4.97. The lowest BCUT2D eigenvalue weighted by atomic mass is 10.1. The number of benzene rings is 1. The van der Waals surface area contributed by atoms with Crippen molar-refractivity contribution in [3.05, 3.63) is 35.2 Å². The van der Waals surface area contributed by atoms with Gasteiger partial charge in [-0.2, -0.15) is 18.2 Å². The number of nitrogens with zero attached hydrogens (tertiary/aromatic N) is 3. The van der Waals surface area contributed by atoms with E-state index in [-0.39, 0.29) is 5.95 Å². The number of aromatic nitrogens is 3. The number of alkyl halides is 3. The van der Waals surface area contributed by atoms with E-state index in [1.807, 2.05) is 31.2 Å². The Morgan fingerprint density at radius 2 is 1.95 bits per heavy atom. The number of halogens is 3. The van der Waals surface area contributed by atoms with E-state index < -0.39 is 12.1 Å². The van der Waals surface area contributed by atoms with Crippen LogP contribution in [0.5, 0.6) is 0 Å². The van der Waals surface area contributed by atoms with Gasteiger partial charge in [-0.1, -0.05) is 29.8 Å². The van der Waals surface area contributed by atoms with Crippen LogP contribution in [0.25, 0.3) is 16.2 Å². The maximum Gasteiger partial charge on any atom is 0.471 e. The maximum absolute atomic E-state index is 12.2. The lowest BCUT2D eigenvalue weighted by molar-refractivity contribution is -0.167. The average molecular weight is 326 g/mol. The topological polar surface area (TPSA) is 59.3 Å². The van der Waals surface area contributed by atoms with E-state index in [4.69, 9.17) is 0 Å². The van der Waals surface area contributed by atoms with E-state index >= 15 is 0 Å². The normalized spacial score (nSPS) is 11.8. The van der Waals surface area contributed by atoms with Crippen LogP contribution in [0.15, 0.2) is 29.6 Å². The summed E-state index contributed by atoms with van der Waals surface area (Å²) in [5.41, 5.74) is 2.64. The highest BCUT2D eigenvalue weighted by atomic mass is 32.1. The predicted octanol–water partition coefficient (Wildman–Crippen LogP) is 3.27. The molecule has 0 saturated heterocycles. The van der Waals surface area contributed by atoms with Gasteiger partial charge in [-0.15, -0.1) is 16.4 Å². The molecule has 0 bridgehead atoms. The summed E-state index contributed by atoms with van der Waals surface area (Å²) in [6.07, 6.45) is -4.97. The number of hydrogen-bond donors (Lipinski definition) is 1. The Balaban J connectivity index is 1.95. The molecule has 3 aromatic rings. The highest BCUT2D eigenvalue weighted by molar-refractivity contribution is 7.15. The highest BCUT2D eigenvalue weighted by Crippen LogP contribution is 2.26. The number of nitrogens with one attached hydrogen (secondary N) is 1. The molecule has 0 saturated carbocycles. The smallest absolute Gasteiger partial charge is 0.285 e. The van der Waals surface area contributed by atoms with Crippen LogP contribution in [-0.2, 0) is 4.79 Å². The molecule has 2 heterocycles. The van der Waals surface area contributed by atoms with Crippen molar-refractivity contribution >= 4 is 28.2 Å². The maximum atomic E-state index is 12.2. The molecule has 5 nitrogen and oxygen atoms in total. The van der Waals surface area contributed by atoms with Gasteiger partial charge in [0.05, 0.1) is 5.69 Å². The molecule has 22 heavy (non-hydrogen) atoms. The van der Waals surface area contributed by atoms with Crippen molar-refractivity contribution in [2.45, 2.75) is 13.1 Å². The first-order valence-corrected chi connectivity index (χ1v) is 7.02. The molecule has 1 amide bonds. The fourth-order valence-electron chi connectivity index (χ4n) is 1.83. The molecule has 2 aromatic heterocycles. The van der Waals surface area contributed by atoms with Crippen molar-refractivity contribution in [3.8, 4) is 11.3 Å². The fourth-order valence-corrected chi connectivity index (χ4v) is 2.66. The van der Waals surface area contributed by atoms with Crippen molar-refractivity contribution in [1.29, 1.82) is 0 Å². The molecule has 1 N–H and O–H groups in total. The molecule has 0 fully saturated rings. The second-order valence-corrected chi connectivity index (χ2v) is 5.41. The van der Waals surface area contributed by atoms with Crippen LogP contribution in [0, 0.1) is 6.92 Å². The first-order chi connectivity index (χ1) is 10.3. The number of thiazole rings is 1. The van der Waals surface area contributed by atoms with Crippen molar-refractivity contribution in [3.63, 3.8) is 0 Å². The number of aryl methyl sites for hydroxylation is 1. The Morgan fingerprint density at radius 1 is 1.27 bits per heavy atom. The van der Waals surface area contributed by atoms with E-state index in [2.05, 4.69) is 10.1 Å². The van der Waals surface area contributed by atoms with E-state index in [1.54, 1.807) is 10.7 Å². The minimum absolute atomic E-state index is 0.373. The molecule has 0 unspecified atom stereocenters. The predicted molar refractivity (Wildman–Crippen MR) is 75.7 cm³/mol. The van der Waals surface area contributed by atoms with Gasteiger partial charge in [-0.05, 0) is 6.92 Å². The van der Waals surface area contributed by atoms with Gasteiger partial charge in [0.15, 0.2) is 0 Å². The van der Waals surface area contributed by atoms with Crippen LogP contribution >= 0.6 is 11.3 Å². The molecule has 0 atom stereocenters. The number of rotatable bonds is 2. The van der Waals surface area contributed by atoms with Crippen molar-refractivity contribution in [1.82, 2.24) is 14.6 Å². The molecule has 0 radical (unpaired) electrons. The monoisotopic (exact) mass is 326 g/mol. The van der Waals surface area contributed by atoms with Crippen LogP contribution in [0.3, 0.4) is 0 Å². The van der Waals surface area contributed by atoms with Gasteiger partial charge >= 0.3 is 12.1 Å². The average Bonchev–Trinajstić information content (AvgIpc) is 2.98.